The Hall–Kier alpha value is 0.01000. The van der Waals surface area contributed by atoms with Crippen LogP contribution in [0.25, 0.3) is 0 Å². The van der Waals surface area contributed by atoms with Gasteiger partial charge in [-0.25, -0.2) is 0 Å². The Morgan fingerprint density at radius 3 is 2.74 bits per heavy atom. The van der Waals surface area contributed by atoms with Gasteiger partial charge < -0.3 is 5.32 Å². The van der Waals surface area contributed by atoms with Crippen molar-refractivity contribution >= 4 is 23.1 Å². The summed E-state index contributed by atoms with van der Waals surface area (Å²) < 4.78 is 1.57. The zero-order valence-corrected chi connectivity index (χ0v) is 13.0. The van der Waals surface area contributed by atoms with Crippen LogP contribution in [0.5, 0.6) is 0 Å². The van der Waals surface area contributed by atoms with Gasteiger partial charge in [-0.2, -0.15) is 0 Å². The fourth-order valence-electron chi connectivity index (χ4n) is 5.29. The normalized spacial score (nSPS) is 50.1. The molecule has 3 saturated carbocycles. The molecule has 0 saturated heterocycles. The summed E-state index contributed by atoms with van der Waals surface area (Å²) in [7, 11) is 0. The van der Waals surface area contributed by atoms with Crippen molar-refractivity contribution in [3.63, 3.8) is 0 Å². The lowest BCUT2D eigenvalue weighted by atomic mass is 10.0. The van der Waals surface area contributed by atoms with Crippen molar-refractivity contribution in [1.29, 1.82) is 0 Å². The summed E-state index contributed by atoms with van der Waals surface area (Å²) in [6.07, 6.45) is 5.95. The first-order chi connectivity index (χ1) is 9.31. The van der Waals surface area contributed by atoms with Crippen LogP contribution in [0.1, 0.15) is 44.2 Å². The van der Waals surface area contributed by atoms with E-state index in [9.17, 15) is 0 Å². The molecule has 5 unspecified atom stereocenters. The molecule has 3 fully saturated rings. The Morgan fingerprint density at radius 2 is 1.95 bits per heavy atom. The highest BCUT2D eigenvalue weighted by molar-refractivity contribution is 8.01. The van der Waals surface area contributed by atoms with Crippen molar-refractivity contribution in [2.75, 3.05) is 0 Å². The van der Waals surface area contributed by atoms with Gasteiger partial charge in [-0.3, -0.25) is 0 Å². The maximum absolute atomic E-state index is 4.06. The average Bonchev–Trinajstić information content (AvgIpc) is 2.81. The SMILES string of the molecule is C[C@H]1CC(NC2C3C4CCC(C4)C23)c2ccsc2S1. The van der Waals surface area contributed by atoms with Gasteiger partial charge in [-0.15, -0.1) is 23.1 Å². The van der Waals surface area contributed by atoms with Crippen molar-refractivity contribution in [1.82, 2.24) is 5.32 Å². The van der Waals surface area contributed by atoms with E-state index in [1.165, 1.54) is 19.3 Å². The quantitative estimate of drug-likeness (QED) is 0.871. The van der Waals surface area contributed by atoms with Crippen LogP contribution in [0.3, 0.4) is 0 Å². The number of hydrogen-bond acceptors (Lipinski definition) is 3. The second-order valence-corrected chi connectivity index (χ2v) is 9.68. The molecule has 2 bridgehead atoms. The molecule has 0 aromatic carbocycles. The number of hydrogen-bond donors (Lipinski definition) is 1. The van der Waals surface area contributed by atoms with Crippen LogP contribution < -0.4 is 5.32 Å². The lowest BCUT2D eigenvalue weighted by Gasteiger charge is -2.28. The van der Waals surface area contributed by atoms with Crippen LogP contribution in [-0.2, 0) is 0 Å². The van der Waals surface area contributed by atoms with Crippen LogP contribution >= 0.6 is 23.1 Å². The van der Waals surface area contributed by atoms with Crippen LogP contribution in [-0.4, -0.2) is 11.3 Å². The van der Waals surface area contributed by atoms with Crippen molar-refractivity contribution < 1.29 is 0 Å². The first kappa shape index (κ1) is 11.6. The van der Waals surface area contributed by atoms with Crippen LogP contribution in [0.2, 0.25) is 0 Å². The van der Waals surface area contributed by atoms with Gasteiger partial charge in [0.25, 0.3) is 0 Å². The summed E-state index contributed by atoms with van der Waals surface area (Å²) in [5.41, 5.74) is 1.60. The standard InChI is InChI=1S/C16H21NS2/c1-8-6-12(11-4-5-18-16(11)19-8)17-15-13-9-2-3-10(7-9)14(13)15/h4-5,8-10,12-15,17H,2-3,6-7H2,1H3/t8-,9?,10?,12?,13?,14?,15?/m0/s1. The largest absolute Gasteiger partial charge is 0.306 e. The Morgan fingerprint density at radius 1 is 1.16 bits per heavy atom. The van der Waals surface area contributed by atoms with E-state index in [0.717, 1.165) is 35.0 Å². The Labute approximate surface area is 123 Å². The Kier molecular flexibility index (Phi) is 2.46. The molecule has 3 heteroatoms. The Bertz CT molecular complexity index is 495. The van der Waals surface area contributed by atoms with E-state index >= 15 is 0 Å². The minimum absolute atomic E-state index is 0.646. The summed E-state index contributed by atoms with van der Waals surface area (Å²) in [4.78, 5) is 0. The third kappa shape index (κ3) is 1.64. The van der Waals surface area contributed by atoms with Gasteiger partial charge >= 0.3 is 0 Å². The van der Waals surface area contributed by atoms with E-state index in [-0.39, 0.29) is 0 Å². The van der Waals surface area contributed by atoms with Crippen molar-refractivity contribution in [3.05, 3.63) is 17.0 Å². The number of rotatable bonds is 2. The molecule has 0 spiro atoms. The smallest absolute Gasteiger partial charge is 0.0649 e. The summed E-state index contributed by atoms with van der Waals surface area (Å²) in [5.74, 6) is 4.30. The number of thiophene rings is 1. The second-order valence-electron chi connectivity index (χ2n) is 7.06. The third-order valence-electron chi connectivity index (χ3n) is 6.04. The number of fused-ring (bicyclic) bond motifs is 6. The molecule has 1 aromatic heterocycles. The predicted molar refractivity (Wildman–Crippen MR) is 81.7 cm³/mol. The summed E-state index contributed by atoms with van der Waals surface area (Å²) >= 11 is 4.02. The molecule has 3 aliphatic carbocycles. The fourth-order valence-corrected chi connectivity index (χ4v) is 7.85. The van der Waals surface area contributed by atoms with E-state index in [1.807, 2.05) is 11.3 Å². The molecule has 4 aliphatic rings. The molecule has 1 nitrogen and oxygen atoms in total. The maximum Gasteiger partial charge on any atom is 0.0649 e. The third-order valence-corrected chi connectivity index (χ3v) is 8.38. The lowest BCUT2D eigenvalue weighted by molar-refractivity contribution is 0.404. The van der Waals surface area contributed by atoms with E-state index in [1.54, 1.807) is 16.2 Å². The lowest BCUT2D eigenvalue weighted by Crippen LogP contribution is -2.31. The van der Waals surface area contributed by atoms with Crippen LogP contribution in [0.4, 0.5) is 0 Å². The molecule has 102 valence electrons. The highest BCUT2D eigenvalue weighted by atomic mass is 32.2. The van der Waals surface area contributed by atoms with Crippen LogP contribution in [0, 0.1) is 23.7 Å². The van der Waals surface area contributed by atoms with Crippen molar-refractivity contribution in [2.45, 2.75) is 54.1 Å². The molecular weight excluding hydrogens is 270 g/mol. The summed E-state index contributed by atoms with van der Waals surface area (Å²) in [6, 6.07) is 3.88. The fraction of sp³-hybridized carbons (Fsp3) is 0.750. The van der Waals surface area contributed by atoms with Gasteiger partial charge in [0.15, 0.2) is 0 Å². The van der Waals surface area contributed by atoms with E-state index in [2.05, 4.69) is 35.4 Å². The van der Waals surface area contributed by atoms with E-state index in [0.29, 0.717) is 6.04 Å². The minimum Gasteiger partial charge on any atom is -0.306 e. The Balaban J connectivity index is 1.36. The van der Waals surface area contributed by atoms with Crippen molar-refractivity contribution in [3.8, 4) is 0 Å². The second kappa shape index (κ2) is 4.02. The average molecular weight is 291 g/mol. The van der Waals surface area contributed by atoms with Gasteiger partial charge in [-0.05, 0) is 66.4 Å². The highest BCUT2D eigenvalue weighted by Crippen LogP contribution is 2.66. The first-order valence-electron chi connectivity index (χ1n) is 7.81. The predicted octanol–water partition coefficient (Wildman–Crippen LogP) is 4.31. The number of nitrogens with one attached hydrogen (secondary N) is 1. The van der Waals surface area contributed by atoms with Gasteiger partial charge in [0, 0.05) is 17.3 Å². The topological polar surface area (TPSA) is 12.0 Å². The molecule has 1 aliphatic heterocycles. The molecular formula is C16H21NS2. The van der Waals surface area contributed by atoms with Gasteiger partial charge in [0.2, 0.25) is 0 Å². The molecule has 1 aromatic rings. The molecule has 5 rings (SSSR count). The van der Waals surface area contributed by atoms with Crippen molar-refractivity contribution in [2.24, 2.45) is 23.7 Å². The zero-order chi connectivity index (χ0) is 12.6. The first-order valence-corrected chi connectivity index (χ1v) is 9.57. The molecule has 0 amide bonds. The molecule has 19 heavy (non-hydrogen) atoms. The summed E-state index contributed by atoms with van der Waals surface area (Å²) in [6.45, 7) is 2.39. The zero-order valence-electron chi connectivity index (χ0n) is 11.3. The maximum atomic E-state index is 4.06. The number of thioether (sulfide) groups is 1. The van der Waals surface area contributed by atoms with E-state index < -0.39 is 0 Å². The molecule has 1 N–H and O–H groups in total. The van der Waals surface area contributed by atoms with Gasteiger partial charge in [0.1, 0.15) is 0 Å². The molecule has 2 heterocycles. The van der Waals surface area contributed by atoms with Gasteiger partial charge in [0.05, 0.1) is 4.21 Å². The minimum atomic E-state index is 0.646. The van der Waals surface area contributed by atoms with E-state index in [4.69, 9.17) is 0 Å². The molecule has 6 atom stereocenters. The monoisotopic (exact) mass is 291 g/mol. The highest BCUT2D eigenvalue weighted by Gasteiger charge is 2.65. The molecule has 0 radical (unpaired) electrons. The van der Waals surface area contributed by atoms with Gasteiger partial charge in [-0.1, -0.05) is 6.92 Å². The summed E-state index contributed by atoms with van der Waals surface area (Å²) in [5, 5.41) is 7.12. The van der Waals surface area contributed by atoms with Crippen LogP contribution in [0.15, 0.2) is 15.7 Å².